The van der Waals surface area contributed by atoms with Gasteiger partial charge in [-0.05, 0) is 68.5 Å². The van der Waals surface area contributed by atoms with Crippen molar-refractivity contribution in [3.8, 4) is 5.75 Å². The van der Waals surface area contributed by atoms with E-state index < -0.39 is 4.92 Å². The Bertz CT molecular complexity index is 1020. The maximum atomic E-state index is 12.8. The Kier molecular flexibility index (Phi) is 9.96. The van der Waals surface area contributed by atoms with Crippen LogP contribution in [-0.2, 0) is 4.79 Å². The normalized spacial score (nSPS) is 17.3. The number of hydrogen-bond acceptors (Lipinski definition) is 6. The predicted octanol–water partition coefficient (Wildman–Crippen LogP) is 5.57. The minimum absolute atomic E-state index is 0. The van der Waals surface area contributed by atoms with Gasteiger partial charge in [-0.25, -0.2) is 0 Å². The molecule has 2 aliphatic heterocycles. The number of nitro groups is 1. The zero-order valence-corrected chi connectivity index (χ0v) is 20.9. The predicted molar refractivity (Wildman–Crippen MR) is 144 cm³/mol. The average Bonchev–Trinajstić information content (AvgIpc) is 2.88. The topological polar surface area (TPSA) is 88.0 Å². The summed E-state index contributed by atoms with van der Waals surface area (Å²) in [4.78, 5) is 27.8. The van der Waals surface area contributed by atoms with Gasteiger partial charge in [0.05, 0.1) is 12.0 Å². The SMILES string of the molecule is C.COc1cc(NC2CCN(C(=O)CCN3CCC(c4ccc(Cl)cc4)CC3)CC2)ccc1[N+](=O)[O-]. The minimum Gasteiger partial charge on any atom is -0.490 e. The molecule has 0 radical (unpaired) electrons. The molecule has 8 nitrogen and oxygen atoms in total. The third-order valence-corrected chi connectivity index (χ3v) is 7.42. The summed E-state index contributed by atoms with van der Waals surface area (Å²) in [6.45, 7) is 4.29. The Morgan fingerprint density at radius 1 is 1.08 bits per heavy atom. The van der Waals surface area contributed by atoms with Gasteiger partial charge in [-0.2, -0.15) is 0 Å². The lowest BCUT2D eigenvalue weighted by atomic mass is 9.89. The van der Waals surface area contributed by atoms with E-state index in [1.807, 2.05) is 17.0 Å². The summed E-state index contributed by atoms with van der Waals surface area (Å²) < 4.78 is 5.15. The molecule has 2 aromatic rings. The second-order valence-corrected chi connectivity index (χ2v) is 9.80. The van der Waals surface area contributed by atoms with E-state index in [0.717, 1.165) is 69.1 Å². The standard InChI is InChI=1S/C26H33ClN4O4.CH4/c1-35-25-18-23(6-7-24(25)31(33)34)28-22-10-16-30(17-11-22)26(32)12-15-29-13-8-20(9-14-29)19-2-4-21(27)5-3-19;/h2-7,18,20,22,28H,8-17H2,1H3;1H4. The summed E-state index contributed by atoms with van der Waals surface area (Å²) in [5.41, 5.74) is 2.10. The number of rotatable bonds is 8. The van der Waals surface area contributed by atoms with Crippen LogP contribution in [0, 0.1) is 10.1 Å². The maximum absolute atomic E-state index is 12.8. The molecule has 0 unspecified atom stereocenters. The molecule has 0 spiro atoms. The van der Waals surface area contributed by atoms with Gasteiger partial charge in [0.1, 0.15) is 0 Å². The monoisotopic (exact) mass is 516 g/mol. The summed E-state index contributed by atoms with van der Waals surface area (Å²) in [7, 11) is 1.43. The van der Waals surface area contributed by atoms with Gasteiger partial charge >= 0.3 is 5.69 Å². The number of amides is 1. The number of nitrogens with zero attached hydrogens (tertiary/aromatic N) is 3. The van der Waals surface area contributed by atoms with E-state index in [-0.39, 0.29) is 30.8 Å². The highest BCUT2D eigenvalue weighted by molar-refractivity contribution is 6.30. The lowest BCUT2D eigenvalue weighted by Gasteiger charge is -2.35. The van der Waals surface area contributed by atoms with Crippen LogP contribution in [0.2, 0.25) is 5.02 Å². The Morgan fingerprint density at radius 2 is 1.75 bits per heavy atom. The van der Waals surface area contributed by atoms with E-state index in [1.165, 1.54) is 18.7 Å². The van der Waals surface area contributed by atoms with E-state index in [1.54, 1.807) is 12.1 Å². The first-order chi connectivity index (χ1) is 16.9. The highest BCUT2D eigenvalue weighted by Crippen LogP contribution is 2.31. The van der Waals surface area contributed by atoms with Crippen LogP contribution in [0.4, 0.5) is 11.4 Å². The molecular weight excluding hydrogens is 480 g/mol. The van der Waals surface area contributed by atoms with Crippen molar-refractivity contribution >= 4 is 28.9 Å². The van der Waals surface area contributed by atoms with Gasteiger partial charge in [-0.3, -0.25) is 14.9 Å². The molecule has 36 heavy (non-hydrogen) atoms. The van der Waals surface area contributed by atoms with Crippen molar-refractivity contribution in [3.63, 3.8) is 0 Å². The number of hydrogen-bond donors (Lipinski definition) is 1. The number of ether oxygens (including phenoxy) is 1. The van der Waals surface area contributed by atoms with Crippen LogP contribution in [0.3, 0.4) is 0 Å². The van der Waals surface area contributed by atoms with E-state index in [2.05, 4.69) is 22.3 Å². The number of likely N-dealkylation sites (tertiary alicyclic amines) is 2. The van der Waals surface area contributed by atoms with E-state index in [4.69, 9.17) is 16.3 Å². The molecule has 0 aliphatic carbocycles. The van der Waals surface area contributed by atoms with Crippen molar-refractivity contribution < 1.29 is 14.5 Å². The minimum atomic E-state index is -0.450. The number of carbonyl (C=O) groups is 1. The summed E-state index contributed by atoms with van der Waals surface area (Å²) in [6, 6.07) is 13.2. The molecule has 0 atom stereocenters. The largest absolute Gasteiger partial charge is 0.490 e. The molecule has 2 heterocycles. The molecule has 0 saturated carbocycles. The molecule has 1 amide bonds. The van der Waals surface area contributed by atoms with E-state index >= 15 is 0 Å². The lowest BCUT2D eigenvalue weighted by Crippen LogP contribution is -2.43. The molecule has 0 aromatic heterocycles. The number of piperidine rings is 2. The van der Waals surface area contributed by atoms with Crippen molar-refractivity contribution in [2.75, 3.05) is 45.2 Å². The second-order valence-electron chi connectivity index (χ2n) is 9.36. The Morgan fingerprint density at radius 3 is 2.36 bits per heavy atom. The quantitative estimate of drug-likeness (QED) is 0.365. The molecule has 1 N–H and O–H groups in total. The van der Waals surface area contributed by atoms with Crippen LogP contribution in [0.1, 0.15) is 51.0 Å². The van der Waals surface area contributed by atoms with Crippen molar-refractivity contribution in [2.24, 2.45) is 0 Å². The number of methoxy groups -OCH3 is 1. The first-order valence-corrected chi connectivity index (χ1v) is 12.7. The van der Waals surface area contributed by atoms with Crippen LogP contribution in [0.15, 0.2) is 42.5 Å². The summed E-state index contributed by atoms with van der Waals surface area (Å²) in [5.74, 6) is 1.03. The third-order valence-electron chi connectivity index (χ3n) is 7.17. The summed E-state index contributed by atoms with van der Waals surface area (Å²) in [6.07, 6.45) is 4.47. The molecule has 196 valence electrons. The van der Waals surface area contributed by atoms with Crippen molar-refractivity contribution in [1.82, 2.24) is 9.80 Å². The Labute approximate surface area is 218 Å². The van der Waals surface area contributed by atoms with Gasteiger partial charge in [0.15, 0.2) is 5.75 Å². The number of nitro benzene ring substituents is 1. The zero-order chi connectivity index (χ0) is 24.8. The fraction of sp³-hybridized carbons (Fsp3) is 0.519. The molecule has 0 bridgehead atoms. The fourth-order valence-electron chi connectivity index (χ4n) is 5.06. The zero-order valence-electron chi connectivity index (χ0n) is 20.1. The number of anilines is 1. The van der Waals surface area contributed by atoms with Crippen LogP contribution in [0.25, 0.3) is 0 Å². The first kappa shape index (κ1) is 27.7. The van der Waals surface area contributed by atoms with Gasteiger partial charge in [0.2, 0.25) is 5.91 Å². The van der Waals surface area contributed by atoms with Crippen molar-refractivity contribution in [1.29, 1.82) is 0 Å². The summed E-state index contributed by atoms with van der Waals surface area (Å²) >= 11 is 6.01. The number of benzene rings is 2. The number of carbonyl (C=O) groups excluding carboxylic acids is 1. The van der Waals surface area contributed by atoms with Crippen molar-refractivity contribution in [2.45, 2.75) is 51.5 Å². The van der Waals surface area contributed by atoms with Gasteiger partial charge in [-0.1, -0.05) is 31.2 Å². The smallest absolute Gasteiger partial charge is 0.311 e. The average molecular weight is 517 g/mol. The Hall–Kier alpha value is -2.84. The van der Waals surface area contributed by atoms with E-state index in [0.29, 0.717) is 12.3 Å². The molecule has 2 saturated heterocycles. The molecule has 2 aliphatic rings. The number of nitrogens with one attached hydrogen (secondary N) is 1. The van der Waals surface area contributed by atoms with Gasteiger partial charge in [0.25, 0.3) is 0 Å². The highest BCUT2D eigenvalue weighted by atomic mass is 35.5. The van der Waals surface area contributed by atoms with Crippen LogP contribution in [0.5, 0.6) is 5.75 Å². The van der Waals surface area contributed by atoms with Gasteiger partial charge < -0.3 is 19.9 Å². The van der Waals surface area contributed by atoms with Crippen LogP contribution >= 0.6 is 11.6 Å². The van der Waals surface area contributed by atoms with Crippen LogP contribution in [-0.4, -0.2) is 66.5 Å². The van der Waals surface area contributed by atoms with Crippen LogP contribution < -0.4 is 10.1 Å². The highest BCUT2D eigenvalue weighted by Gasteiger charge is 2.25. The lowest BCUT2D eigenvalue weighted by molar-refractivity contribution is -0.385. The fourth-order valence-corrected chi connectivity index (χ4v) is 5.19. The molecular formula is C27H37ClN4O4. The first-order valence-electron chi connectivity index (χ1n) is 12.3. The Balaban J connectivity index is 0.00000361. The number of halogens is 1. The molecule has 2 fully saturated rings. The van der Waals surface area contributed by atoms with E-state index in [9.17, 15) is 14.9 Å². The summed E-state index contributed by atoms with van der Waals surface area (Å²) in [5, 5.41) is 15.3. The van der Waals surface area contributed by atoms with Gasteiger partial charge in [0, 0.05) is 54.9 Å². The maximum Gasteiger partial charge on any atom is 0.311 e. The molecule has 4 rings (SSSR count). The van der Waals surface area contributed by atoms with Crippen molar-refractivity contribution in [3.05, 3.63) is 63.2 Å². The molecule has 2 aromatic carbocycles. The second kappa shape index (κ2) is 12.9. The third kappa shape index (κ3) is 7.11. The van der Waals surface area contributed by atoms with Gasteiger partial charge in [-0.15, -0.1) is 0 Å². The molecule has 9 heteroatoms.